The molecule has 20 heavy (non-hydrogen) atoms. The van der Waals surface area contributed by atoms with Gasteiger partial charge in [0.15, 0.2) is 6.39 Å². The van der Waals surface area contributed by atoms with Crippen molar-refractivity contribution in [3.05, 3.63) is 17.8 Å². The molecule has 6 heteroatoms. The summed E-state index contributed by atoms with van der Waals surface area (Å²) in [7, 11) is 0. The maximum atomic E-state index is 12.2. The topological polar surface area (TPSA) is 84.2 Å². The van der Waals surface area contributed by atoms with E-state index in [1.165, 1.54) is 19.7 Å². The quantitative estimate of drug-likeness (QED) is 0.822. The second-order valence-corrected chi connectivity index (χ2v) is 5.36. The molecule has 1 atom stereocenters. The minimum absolute atomic E-state index is 0.164. The minimum atomic E-state index is -0.457. The van der Waals surface area contributed by atoms with Crippen LogP contribution in [0.1, 0.15) is 44.1 Å². The van der Waals surface area contributed by atoms with E-state index in [0.717, 1.165) is 18.5 Å². The highest BCUT2D eigenvalue weighted by Crippen LogP contribution is 2.30. The highest BCUT2D eigenvalue weighted by molar-refractivity contribution is 5.86. The van der Waals surface area contributed by atoms with Gasteiger partial charge in [-0.3, -0.25) is 9.59 Å². The Kier molecular flexibility index (Phi) is 4.76. The van der Waals surface area contributed by atoms with Gasteiger partial charge >= 0.3 is 0 Å². The van der Waals surface area contributed by atoms with Gasteiger partial charge in [0.1, 0.15) is 11.8 Å². The molecule has 0 radical (unpaired) electrons. The number of aryl methyl sites for hydroxylation is 1. The second-order valence-electron chi connectivity index (χ2n) is 5.36. The summed E-state index contributed by atoms with van der Waals surface area (Å²) in [5.41, 5.74) is 0.764. The Bertz CT molecular complexity index is 480. The summed E-state index contributed by atoms with van der Waals surface area (Å²) in [5.74, 6) is 0.844. The van der Waals surface area contributed by atoms with Crippen molar-refractivity contribution in [2.45, 2.75) is 52.1 Å². The Morgan fingerprint density at radius 1 is 1.50 bits per heavy atom. The molecule has 0 aromatic carbocycles. The minimum Gasteiger partial charge on any atom is -0.446 e. The van der Waals surface area contributed by atoms with E-state index in [1.54, 1.807) is 0 Å². The molecule has 1 fully saturated rings. The van der Waals surface area contributed by atoms with Crippen LogP contribution in [0.4, 0.5) is 0 Å². The molecule has 110 valence electrons. The maximum Gasteiger partial charge on any atom is 0.242 e. The molecule has 0 spiro atoms. The maximum absolute atomic E-state index is 12.2. The zero-order valence-electron chi connectivity index (χ0n) is 11.9. The Labute approximate surface area is 118 Å². The first-order valence-electron chi connectivity index (χ1n) is 7.00. The van der Waals surface area contributed by atoms with Gasteiger partial charge in [-0.05, 0) is 19.3 Å². The highest BCUT2D eigenvalue weighted by atomic mass is 16.3. The van der Waals surface area contributed by atoms with Gasteiger partial charge in [-0.2, -0.15) is 0 Å². The van der Waals surface area contributed by atoms with Crippen LogP contribution >= 0.6 is 0 Å². The molecule has 1 aromatic heterocycles. The Hall–Kier alpha value is -1.85. The van der Waals surface area contributed by atoms with Gasteiger partial charge in [0.05, 0.1) is 12.2 Å². The molecule has 2 rings (SSSR count). The molecule has 1 heterocycles. The van der Waals surface area contributed by atoms with Gasteiger partial charge in [-0.25, -0.2) is 4.98 Å². The molecule has 2 amide bonds. The number of hydrogen-bond acceptors (Lipinski definition) is 4. The third-order valence-electron chi connectivity index (χ3n) is 3.76. The van der Waals surface area contributed by atoms with Crippen LogP contribution in [0.3, 0.4) is 0 Å². The van der Waals surface area contributed by atoms with Crippen molar-refractivity contribution < 1.29 is 14.0 Å². The highest BCUT2D eigenvalue weighted by Gasteiger charge is 2.27. The fourth-order valence-corrected chi connectivity index (χ4v) is 2.33. The Morgan fingerprint density at radius 2 is 2.25 bits per heavy atom. The van der Waals surface area contributed by atoms with Gasteiger partial charge in [0, 0.05) is 6.92 Å². The van der Waals surface area contributed by atoms with Gasteiger partial charge in [-0.15, -0.1) is 0 Å². The fraction of sp³-hybridized carbons (Fsp3) is 0.643. The summed E-state index contributed by atoms with van der Waals surface area (Å²) in [6, 6.07) is -0.457. The summed E-state index contributed by atoms with van der Waals surface area (Å²) < 4.78 is 5.18. The van der Waals surface area contributed by atoms with Crippen molar-refractivity contribution in [3.63, 3.8) is 0 Å². The van der Waals surface area contributed by atoms with E-state index in [9.17, 15) is 9.59 Å². The average Bonchev–Trinajstić information content (AvgIpc) is 2.74. The van der Waals surface area contributed by atoms with E-state index in [2.05, 4.69) is 15.6 Å². The molecule has 1 aromatic rings. The monoisotopic (exact) mass is 279 g/mol. The van der Waals surface area contributed by atoms with Crippen LogP contribution in [0, 0.1) is 12.8 Å². The second kappa shape index (κ2) is 6.54. The number of nitrogens with one attached hydrogen (secondary N) is 2. The SMILES string of the molecule is CC(=O)N[C@H](CC1CCC1)C(=O)NCc1ocnc1C. The average molecular weight is 279 g/mol. The molecule has 2 N–H and O–H groups in total. The lowest BCUT2D eigenvalue weighted by Gasteiger charge is -2.29. The van der Waals surface area contributed by atoms with Crippen LogP contribution in [0.15, 0.2) is 10.8 Å². The van der Waals surface area contributed by atoms with E-state index >= 15 is 0 Å². The first-order valence-corrected chi connectivity index (χ1v) is 7.00. The smallest absolute Gasteiger partial charge is 0.242 e. The largest absolute Gasteiger partial charge is 0.446 e. The van der Waals surface area contributed by atoms with E-state index in [-0.39, 0.29) is 11.8 Å². The van der Waals surface area contributed by atoms with E-state index < -0.39 is 6.04 Å². The summed E-state index contributed by atoms with van der Waals surface area (Å²) in [6.45, 7) is 3.55. The molecular formula is C14H21N3O3. The van der Waals surface area contributed by atoms with Gasteiger partial charge < -0.3 is 15.1 Å². The number of oxazole rings is 1. The van der Waals surface area contributed by atoms with Crippen molar-refractivity contribution >= 4 is 11.8 Å². The van der Waals surface area contributed by atoms with Crippen LogP contribution in [0.25, 0.3) is 0 Å². The van der Waals surface area contributed by atoms with Crippen molar-refractivity contribution in [2.24, 2.45) is 5.92 Å². The Balaban J connectivity index is 1.87. The Morgan fingerprint density at radius 3 is 2.75 bits per heavy atom. The summed E-state index contributed by atoms with van der Waals surface area (Å²) >= 11 is 0. The first-order chi connectivity index (χ1) is 9.56. The van der Waals surface area contributed by atoms with E-state index in [1.807, 2.05) is 6.92 Å². The lowest BCUT2D eigenvalue weighted by molar-refractivity contribution is -0.128. The van der Waals surface area contributed by atoms with Crippen molar-refractivity contribution in [1.29, 1.82) is 0 Å². The number of hydrogen-bond donors (Lipinski definition) is 2. The fourth-order valence-electron chi connectivity index (χ4n) is 2.33. The normalized spacial score (nSPS) is 16.3. The van der Waals surface area contributed by atoms with Crippen molar-refractivity contribution in [2.75, 3.05) is 0 Å². The van der Waals surface area contributed by atoms with Gasteiger partial charge in [0.25, 0.3) is 0 Å². The predicted octanol–water partition coefficient (Wildman–Crippen LogP) is 1.29. The molecule has 0 aliphatic heterocycles. The van der Waals surface area contributed by atoms with Crippen LogP contribution in [-0.2, 0) is 16.1 Å². The molecular weight excluding hydrogens is 258 g/mol. The lowest BCUT2D eigenvalue weighted by Crippen LogP contribution is -2.47. The third kappa shape index (κ3) is 3.82. The zero-order valence-corrected chi connectivity index (χ0v) is 11.9. The number of amides is 2. The molecule has 0 unspecified atom stereocenters. The number of rotatable bonds is 6. The van der Waals surface area contributed by atoms with Crippen LogP contribution in [0.2, 0.25) is 0 Å². The summed E-state index contributed by atoms with van der Waals surface area (Å²) in [5, 5.41) is 5.52. The summed E-state index contributed by atoms with van der Waals surface area (Å²) in [6.07, 6.45) is 5.57. The van der Waals surface area contributed by atoms with Crippen molar-refractivity contribution in [1.82, 2.24) is 15.6 Å². The number of carbonyl (C=O) groups excluding carboxylic acids is 2. The van der Waals surface area contributed by atoms with Crippen LogP contribution < -0.4 is 10.6 Å². The van der Waals surface area contributed by atoms with Crippen molar-refractivity contribution in [3.8, 4) is 0 Å². The van der Waals surface area contributed by atoms with Crippen LogP contribution in [-0.4, -0.2) is 22.8 Å². The molecule has 0 saturated heterocycles. The summed E-state index contributed by atoms with van der Waals surface area (Å²) in [4.78, 5) is 27.4. The molecule has 1 aliphatic rings. The van der Waals surface area contributed by atoms with E-state index in [0.29, 0.717) is 24.6 Å². The number of aromatic nitrogens is 1. The van der Waals surface area contributed by atoms with Gasteiger partial charge in [-0.1, -0.05) is 19.3 Å². The number of nitrogens with zero attached hydrogens (tertiary/aromatic N) is 1. The lowest BCUT2D eigenvalue weighted by atomic mass is 9.80. The number of carbonyl (C=O) groups is 2. The first kappa shape index (κ1) is 14.6. The molecule has 0 bridgehead atoms. The van der Waals surface area contributed by atoms with Gasteiger partial charge in [0.2, 0.25) is 11.8 Å². The standard InChI is InChI=1S/C14H21N3O3/c1-9-13(20-8-16-9)7-15-14(19)12(17-10(2)18)6-11-4-3-5-11/h8,11-12H,3-7H2,1-2H3,(H,15,19)(H,17,18)/t12-/m1/s1. The molecule has 6 nitrogen and oxygen atoms in total. The molecule has 1 saturated carbocycles. The zero-order chi connectivity index (χ0) is 14.5. The van der Waals surface area contributed by atoms with Crippen LogP contribution in [0.5, 0.6) is 0 Å². The molecule has 1 aliphatic carbocycles. The van der Waals surface area contributed by atoms with E-state index in [4.69, 9.17) is 4.42 Å². The third-order valence-corrected chi connectivity index (χ3v) is 3.76. The predicted molar refractivity (Wildman–Crippen MR) is 72.6 cm³/mol.